The minimum atomic E-state index is -5.04. The van der Waals surface area contributed by atoms with E-state index in [1.165, 1.54) is 51.4 Å². The third-order valence-corrected chi connectivity index (χ3v) is 8.04. The second kappa shape index (κ2) is 27.2. The van der Waals surface area contributed by atoms with E-state index in [0.29, 0.717) is 6.61 Å². The van der Waals surface area contributed by atoms with Crippen LogP contribution in [0.5, 0.6) is 0 Å². The Hall–Kier alpha value is -1.68. The maximum atomic E-state index is 11.9. The molecule has 0 aromatic heterocycles. The van der Waals surface area contributed by atoms with E-state index in [4.69, 9.17) is 23.5 Å². The highest BCUT2D eigenvalue weighted by atomic mass is 32.3. The summed E-state index contributed by atoms with van der Waals surface area (Å²) in [5.74, 6) is -0.493. The van der Waals surface area contributed by atoms with E-state index in [2.05, 4.69) is 47.6 Å². The van der Waals surface area contributed by atoms with Gasteiger partial charge in [0.15, 0.2) is 6.29 Å². The van der Waals surface area contributed by atoms with Gasteiger partial charge in [0.2, 0.25) is 0 Å². The number of aliphatic hydroxyl groups excluding tert-OH is 3. The van der Waals surface area contributed by atoms with Crippen LogP contribution in [-0.4, -0.2) is 97.5 Å². The lowest BCUT2D eigenvalue weighted by Gasteiger charge is -2.41. The lowest BCUT2D eigenvalue weighted by Crippen LogP contribution is -2.60. The van der Waals surface area contributed by atoms with E-state index < -0.39 is 59.8 Å². The molecule has 1 fully saturated rings. The Morgan fingerprint density at radius 2 is 1.38 bits per heavy atom. The van der Waals surface area contributed by atoms with Gasteiger partial charge in [-0.15, -0.1) is 0 Å². The number of allylic oxidation sites excluding steroid dienone is 6. The number of hydrogen-bond acceptors (Lipinski definition) is 11. The average molecular weight is 693 g/mol. The monoisotopic (exact) mass is 692 g/mol. The highest BCUT2D eigenvalue weighted by Crippen LogP contribution is 2.25. The number of aliphatic hydroxyl groups is 3. The van der Waals surface area contributed by atoms with Crippen molar-refractivity contribution in [1.82, 2.24) is 0 Å². The Morgan fingerprint density at radius 3 is 1.96 bits per heavy atom. The normalized spacial score (nSPS) is 22.9. The molecule has 47 heavy (non-hydrogen) atoms. The van der Waals surface area contributed by atoms with E-state index in [9.17, 15) is 28.5 Å². The number of hydrogen-bond donors (Lipinski definition) is 4. The van der Waals surface area contributed by atoms with Crippen molar-refractivity contribution < 1.29 is 56.2 Å². The Kier molecular flexibility index (Phi) is 25.1. The summed E-state index contributed by atoms with van der Waals surface area (Å²) in [5.41, 5.74) is 0. The van der Waals surface area contributed by atoms with Crippen molar-refractivity contribution in [3.05, 3.63) is 36.5 Å². The van der Waals surface area contributed by atoms with Gasteiger partial charge in [-0.3, -0.25) is 9.35 Å². The topological polar surface area (TPSA) is 178 Å². The highest BCUT2D eigenvalue weighted by molar-refractivity contribution is 7.80. The lowest BCUT2D eigenvalue weighted by molar-refractivity contribution is -0.301. The van der Waals surface area contributed by atoms with Crippen LogP contribution in [0.3, 0.4) is 0 Å². The van der Waals surface area contributed by atoms with Crippen LogP contribution in [0.4, 0.5) is 0 Å². The van der Waals surface area contributed by atoms with E-state index in [-0.39, 0.29) is 19.6 Å². The maximum Gasteiger partial charge on any atom is 0.397 e. The molecule has 0 saturated carbocycles. The number of rotatable bonds is 28. The number of esters is 1. The van der Waals surface area contributed by atoms with Gasteiger partial charge in [0, 0.05) is 13.0 Å². The predicted octanol–water partition coefficient (Wildman–Crippen LogP) is 5.12. The summed E-state index contributed by atoms with van der Waals surface area (Å²) < 4.78 is 57.6. The van der Waals surface area contributed by atoms with Crippen LogP contribution in [0.1, 0.15) is 110 Å². The summed E-state index contributed by atoms with van der Waals surface area (Å²) in [7, 11) is -5.04. The smallest absolute Gasteiger partial charge is 0.397 e. The lowest BCUT2D eigenvalue weighted by atomic mass is 9.99. The molecule has 0 spiro atoms. The van der Waals surface area contributed by atoms with Gasteiger partial charge in [-0.25, -0.2) is 4.18 Å². The predicted molar refractivity (Wildman–Crippen MR) is 179 cm³/mol. The number of carbonyl (C=O) groups excluding carboxylic acids is 1. The first-order valence-corrected chi connectivity index (χ1v) is 18.6. The number of ether oxygens (including phenoxy) is 4. The van der Waals surface area contributed by atoms with Gasteiger partial charge in [-0.1, -0.05) is 95.2 Å². The minimum Gasteiger partial charge on any atom is -0.457 e. The van der Waals surface area contributed by atoms with E-state index in [0.717, 1.165) is 38.5 Å². The fourth-order valence-corrected chi connectivity index (χ4v) is 5.40. The summed E-state index contributed by atoms with van der Waals surface area (Å²) in [5, 5.41) is 30.1. The van der Waals surface area contributed by atoms with Gasteiger partial charge < -0.3 is 34.3 Å². The zero-order valence-corrected chi connectivity index (χ0v) is 29.1. The highest BCUT2D eigenvalue weighted by Gasteiger charge is 2.48. The largest absolute Gasteiger partial charge is 0.457 e. The standard InChI is InChI=1S/C34H60O12S/c1-3-5-6-7-8-9-10-11-12-13-14-15-16-17-18-19-20-21-22-23-24-42-26-28(44-30(36)4-2)27-43-34-32(38)33(46-47(39,40)41)31(37)29(25-35)45-34/h8-9,11-12,14-15,28-29,31-35,37-38H,3-7,10,13,16-27H2,1-2H3,(H,39,40,41)/b9-8-,12-11-,15-14-. The summed E-state index contributed by atoms with van der Waals surface area (Å²) in [6.07, 6.45) is 20.3. The molecule has 0 aliphatic carbocycles. The molecule has 0 amide bonds. The van der Waals surface area contributed by atoms with Crippen molar-refractivity contribution in [2.24, 2.45) is 0 Å². The minimum absolute atomic E-state index is 0.0189. The van der Waals surface area contributed by atoms with Crippen LogP contribution < -0.4 is 0 Å². The summed E-state index contributed by atoms with van der Waals surface area (Å²) in [4.78, 5) is 11.9. The van der Waals surface area contributed by atoms with Gasteiger partial charge in [-0.05, 0) is 44.9 Å². The molecule has 1 saturated heterocycles. The molecule has 12 nitrogen and oxygen atoms in total. The van der Waals surface area contributed by atoms with E-state index in [1.54, 1.807) is 6.92 Å². The Morgan fingerprint density at radius 1 is 0.809 bits per heavy atom. The molecule has 13 heteroatoms. The SMILES string of the molecule is CCCCC/C=C\C/C=C\C/C=C\CCCCCCCCCOCC(COC1OC(CO)C(O)C(OS(=O)(=O)O)C1O)OC(=O)CC. The van der Waals surface area contributed by atoms with Crippen molar-refractivity contribution in [3.8, 4) is 0 Å². The van der Waals surface area contributed by atoms with Gasteiger partial charge >= 0.3 is 16.4 Å². The molecule has 0 bridgehead atoms. The molecule has 0 radical (unpaired) electrons. The molecular formula is C34H60O12S. The first-order valence-electron chi connectivity index (χ1n) is 17.2. The Balaban J connectivity index is 2.21. The van der Waals surface area contributed by atoms with Crippen molar-refractivity contribution in [3.63, 3.8) is 0 Å². The van der Waals surface area contributed by atoms with Crippen LogP contribution in [0, 0.1) is 0 Å². The van der Waals surface area contributed by atoms with Crippen molar-refractivity contribution in [2.45, 2.75) is 147 Å². The van der Waals surface area contributed by atoms with Crippen LogP contribution in [0.25, 0.3) is 0 Å². The van der Waals surface area contributed by atoms with Crippen LogP contribution in [0.15, 0.2) is 36.5 Å². The molecule has 1 aliphatic rings. The van der Waals surface area contributed by atoms with Crippen LogP contribution >= 0.6 is 0 Å². The third-order valence-electron chi connectivity index (χ3n) is 7.57. The first kappa shape index (κ1) is 43.3. The van der Waals surface area contributed by atoms with Crippen LogP contribution in [0.2, 0.25) is 0 Å². The summed E-state index contributed by atoms with van der Waals surface area (Å²) in [6, 6.07) is 0. The molecule has 6 atom stereocenters. The quantitative estimate of drug-likeness (QED) is 0.0369. The fourth-order valence-electron chi connectivity index (χ4n) is 4.89. The van der Waals surface area contributed by atoms with Crippen molar-refractivity contribution in [1.29, 1.82) is 0 Å². The van der Waals surface area contributed by atoms with Crippen LogP contribution in [-0.2, 0) is 38.3 Å². The Labute approximate surface area is 282 Å². The molecule has 4 N–H and O–H groups in total. The van der Waals surface area contributed by atoms with Gasteiger partial charge in [0.05, 0.1) is 19.8 Å². The number of carbonyl (C=O) groups is 1. The molecule has 274 valence electrons. The molecule has 1 heterocycles. The third kappa shape index (κ3) is 21.8. The number of unbranched alkanes of at least 4 members (excludes halogenated alkanes) is 10. The van der Waals surface area contributed by atoms with Gasteiger partial charge in [0.1, 0.15) is 30.5 Å². The second-order valence-corrected chi connectivity index (χ2v) is 12.8. The second-order valence-electron chi connectivity index (χ2n) is 11.7. The zero-order valence-electron chi connectivity index (χ0n) is 28.3. The fraction of sp³-hybridized carbons (Fsp3) is 0.794. The van der Waals surface area contributed by atoms with E-state index >= 15 is 0 Å². The van der Waals surface area contributed by atoms with E-state index in [1.807, 2.05) is 0 Å². The van der Waals surface area contributed by atoms with Gasteiger partial charge in [-0.2, -0.15) is 8.42 Å². The molecule has 0 aromatic rings. The molecule has 6 unspecified atom stereocenters. The van der Waals surface area contributed by atoms with Crippen molar-refractivity contribution in [2.75, 3.05) is 26.4 Å². The molecular weight excluding hydrogens is 632 g/mol. The average Bonchev–Trinajstić information content (AvgIpc) is 3.04. The molecule has 1 rings (SSSR count). The summed E-state index contributed by atoms with van der Waals surface area (Å²) >= 11 is 0. The zero-order chi connectivity index (χ0) is 34.8. The Bertz CT molecular complexity index is 984. The molecule has 1 aliphatic heterocycles. The maximum absolute atomic E-state index is 11.9. The molecule has 0 aromatic carbocycles. The summed E-state index contributed by atoms with van der Waals surface area (Å²) in [6.45, 7) is 3.30. The van der Waals surface area contributed by atoms with Gasteiger partial charge in [0.25, 0.3) is 0 Å². The van der Waals surface area contributed by atoms with Crippen molar-refractivity contribution >= 4 is 16.4 Å². The first-order chi connectivity index (χ1) is 22.6.